The quantitative estimate of drug-likeness (QED) is 0.752. The zero-order valence-corrected chi connectivity index (χ0v) is 14.9. The van der Waals surface area contributed by atoms with Gasteiger partial charge >= 0.3 is 0 Å². The molecule has 2 saturated heterocycles. The van der Waals surface area contributed by atoms with Gasteiger partial charge in [0.15, 0.2) is 0 Å². The number of rotatable bonds is 6. The lowest BCUT2D eigenvalue weighted by atomic mass is 9.84. The third-order valence-electron chi connectivity index (χ3n) is 5.74. The average molecular weight is 323 g/mol. The van der Waals surface area contributed by atoms with Crippen LogP contribution in [0.1, 0.15) is 65.2 Å². The van der Waals surface area contributed by atoms with Gasteiger partial charge in [0, 0.05) is 26.1 Å². The number of hydrogen-bond acceptors (Lipinski definition) is 3. The van der Waals surface area contributed by atoms with Gasteiger partial charge in [0.1, 0.15) is 5.60 Å². The van der Waals surface area contributed by atoms with Crippen LogP contribution in [0.15, 0.2) is 0 Å². The molecule has 23 heavy (non-hydrogen) atoms. The molecular weight excluding hydrogens is 290 g/mol. The zero-order valence-electron chi connectivity index (χ0n) is 14.9. The summed E-state index contributed by atoms with van der Waals surface area (Å²) in [5.41, 5.74) is -0.105. The second-order valence-corrected chi connectivity index (χ2v) is 8.31. The smallest absolute Gasteiger partial charge is 0.222 e. The first-order chi connectivity index (χ1) is 11.1. The van der Waals surface area contributed by atoms with Gasteiger partial charge in [0.05, 0.1) is 19.2 Å². The van der Waals surface area contributed by atoms with E-state index in [4.69, 9.17) is 9.47 Å². The number of ether oxygens (including phenoxy) is 2. The molecule has 0 aromatic heterocycles. The Morgan fingerprint density at radius 3 is 2.70 bits per heavy atom. The molecule has 0 radical (unpaired) electrons. The standard InChI is InChI=1S/C19H33NO3/c1-15(2)7-8-18(21)20-13-19(14-20)11-17(9-10-23-19)22-12-16-5-3-4-6-16/h15-17H,3-14H2,1-2H3/t17-/m0/s1. The van der Waals surface area contributed by atoms with E-state index in [-0.39, 0.29) is 5.60 Å². The normalized spacial score (nSPS) is 27.6. The average Bonchev–Trinajstić information content (AvgIpc) is 3.02. The molecule has 0 N–H and O–H groups in total. The Morgan fingerprint density at radius 1 is 1.26 bits per heavy atom. The minimum absolute atomic E-state index is 0.105. The zero-order chi connectivity index (χ0) is 16.3. The van der Waals surface area contributed by atoms with Gasteiger partial charge in [-0.3, -0.25) is 4.79 Å². The summed E-state index contributed by atoms with van der Waals surface area (Å²) in [6, 6.07) is 0. The van der Waals surface area contributed by atoms with Crippen LogP contribution in [-0.2, 0) is 14.3 Å². The Balaban J connectivity index is 1.39. The van der Waals surface area contributed by atoms with E-state index in [0.717, 1.165) is 51.5 Å². The van der Waals surface area contributed by atoms with Crippen LogP contribution < -0.4 is 0 Å². The van der Waals surface area contributed by atoms with Gasteiger partial charge < -0.3 is 14.4 Å². The maximum Gasteiger partial charge on any atom is 0.222 e. The van der Waals surface area contributed by atoms with Crippen LogP contribution in [-0.4, -0.2) is 48.8 Å². The van der Waals surface area contributed by atoms with Gasteiger partial charge in [-0.2, -0.15) is 0 Å². The van der Waals surface area contributed by atoms with E-state index in [1.54, 1.807) is 0 Å². The lowest BCUT2D eigenvalue weighted by Crippen LogP contribution is -2.67. The van der Waals surface area contributed by atoms with E-state index < -0.39 is 0 Å². The van der Waals surface area contributed by atoms with Crippen LogP contribution in [0.5, 0.6) is 0 Å². The summed E-state index contributed by atoms with van der Waals surface area (Å²) in [6.45, 7) is 7.59. The fourth-order valence-corrected chi connectivity index (χ4v) is 4.19. The van der Waals surface area contributed by atoms with Crippen LogP contribution in [0.25, 0.3) is 0 Å². The molecule has 132 valence electrons. The monoisotopic (exact) mass is 323 g/mol. The lowest BCUT2D eigenvalue weighted by molar-refractivity contribution is -0.202. The number of nitrogens with zero attached hydrogens (tertiary/aromatic N) is 1. The highest BCUT2D eigenvalue weighted by atomic mass is 16.5. The van der Waals surface area contributed by atoms with Gasteiger partial charge in [-0.15, -0.1) is 0 Å². The first-order valence-electron chi connectivity index (χ1n) is 9.60. The van der Waals surface area contributed by atoms with Crippen molar-refractivity contribution in [2.45, 2.75) is 76.9 Å². The lowest BCUT2D eigenvalue weighted by Gasteiger charge is -2.53. The van der Waals surface area contributed by atoms with E-state index in [2.05, 4.69) is 13.8 Å². The van der Waals surface area contributed by atoms with Crippen molar-refractivity contribution in [2.75, 3.05) is 26.3 Å². The first-order valence-corrected chi connectivity index (χ1v) is 9.60. The predicted octanol–water partition coefficient (Wildman–Crippen LogP) is 3.39. The summed E-state index contributed by atoms with van der Waals surface area (Å²) < 4.78 is 12.2. The number of hydrogen-bond donors (Lipinski definition) is 0. The molecule has 3 fully saturated rings. The van der Waals surface area contributed by atoms with Crippen molar-refractivity contribution in [2.24, 2.45) is 11.8 Å². The predicted molar refractivity (Wildman–Crippen MR) is 90.3 cm³/mol. The Morgan fingerprint density at radius 2 is 2.00 bits per heavy atom. The Bertz CT molecular complexity index is 397. The molecule has 0 aromatic rings. The van der Waals surface area contributed by atoms with E-state index in [0.29, 0.717) is 24.3 Å². The van der Waals surface area contributed by atoms with Crippen molar-refractivity contribution in [3.05, 3.63) is 0 Å². The van der Waals surface area contributed by atoms with E-state index in [1.807, 2.05) is 4.90 Å². The van der Waals surface area contributed by atoms with Gasteiger partial charge in [-0.05, 0) is 37.5 Å². The summed E-state index contributed by atoms with van der Waals surface area (Å²) >= 11 is 0. The summed E-state index contributed by atoms with van der Waals surface area (Å²) in [5.74, 6) is 1.67. The highest BCUT2D eigenvalue weighted by Crippen LogP contribution is 2.36. The van der Waals surface area contributed by atoms with Crippen molar-refractivity contribution in [1.82, 2.24) is 4.90 Å². The Labute approximate surface area is 140 Å². The molecule has 0 unspecified atom stereocenters. The highest BCUT2D eigenvalue weighted by molar-refractivity contribution is 5.77. The number of carbonyl (C=O) groups excluding carboxylic acids is 1. The second kappa shape index (κ2) is 7.52. The van der Waals surface area contributed by atoms with Crippen LogP contribution in [0.2, 0.25) is 0 Å². The fraction of sp³-hybridized carbons (Fsp3) is 0.947. The molecule has 1 saturated carbocycles. The number of carbonyl (C=O) groups is 1. The molecule has 0 bridgehead atoms. The third kappa shape index (κ3) is 4.48. The molecule has 0 aromatic carbocycles. The molecule has 4 heteroatoms. The largest absolute Gasteiger partial charge is 0.378 e. The summed E-state index contributed by atoms with van der Waals surface area (Å²) in [7, 11) is 0. The summed E-state index contributed by atoms with van der Waals surface area (Å²) in [6.07, 6.45) is 9.39. The molecule has 1 aliphatic carbocycles. The maximum absolute atomic E-state index is 12.2. The molecule has 3 rings (SSSR count). The van der Waals surface area contributed by atoms with E-state index in [1.165, 1.54) is 25.7 Å². The van der Waals surface area contributed by atoms with E-state index in [9.17, 15) is 4.79 Å². The molecule has 1 spiro atoms. The minimum atomic E-state index is -0.105. The van der Waals surface area contributed by atoms with Crippen molar-refractivity contribution in [3.8, 4) is 0 Å². The minimum Gasteiger partial charge on any atom is -0.378 e. The molecule has 3 aliphatic rings. The molecule has 4 nitrogen and oxygen atoms in total. The van der Waals surface area contributed by atoms with Crippen LogP contribution in [0.4, 0.5) is 0 Å². The summed E-state index contributed by atoms with van der Waals surface area (Å²) in [4.78, 5) is 14.2. The Kier molecular flexibility index (Phi) is 5.63. The van der Waals surface area contributed by atoms with Crippen molar-refractivity contribution < 1.29 is 14.3 Å². The topological polar surface area (TPSA) is 38.8 Å². The molecule has 2 heterocycles. The molecule has 1 amide bonds. The van der Waals surface area contributed by atoms with Crippen LogP contribution >= 0.6 is 0 Å². The molecular formula is C19H33NO3. The van der Waals surface area contributed by atoms with E-state index >= 15 is 0 Å². The number of likely N-dealkylation sites (tertiary alicyclic amines) is 1. The molecule has 2 aliphatic heterocycles. The van der Waals surface area contributed by atoms with Crippen LogP contribution in [0.3, 0.4) is 0 Å². The molecule has 1 atom stereocenters. The second-order valence-electron chi connectivity index (χ2n) is 8.31. The van der Waals surface area contributed by atoms with Crippen molar-refractivity contribution >= 4 is 5.91 Å². The fourth-order valence-electron chi connectivity index (χ4n) is 4.19. The Hall–Kier alpha value is -0.610. The van der Waals surface area contributed by atoms with Crippen LogP contribution in [0, 0.1) is 11.8 Å². The SMILES string of the molecule is CC(C)CCC(=O)N1CC2(C[C@@H](OCC3CCCC3)CCO2)C1. The van der Waals surface area contributed by atoms with Gasteiger partial charge in [-0.25, -0.2) is 0 Å². The number of amides is 1. The van der Waals surface area contributed by atoms with Gasteiger partial charge in [0.25, 0.3) is 0 Å². The van der Waals surface area contributed by atoms with Crippen molar-refractivity contribution in [1.29, 1.82) is 0 Å². The first kappa shape index (κ1) is 17.2. The highest BCUT2D eigenvalue weighted by Gasteiger charge is 2.49. The van der Waals surface area contributed by atoms with Gasteiger partial charge in [-0.1, -0.05) is 26.7 Å². The third-order valence-corrected chi connectivity index (χ3v) is 5.74. The maximum atomic E-state index is 12.2. The van der Waals surface area contributed by atoms with Crippen molar-refractivity contribution in [3.63, 3.8) is 0 Å². The van der Waals surface area contributed by atoms with Gasteiger partial charge in [0.2, 0.25) is 5.91 Å². The summed E-state index contributed by atoms with van der Waals surface area (Å²) in [5, 5.41) is 0.